The van der Waals surface area contributed by atoms with Gasteiger partial charge in [0, 0.05) is 23.7 Å². The lowest BCUT2D eigenvalue weighted by atomic mass is 10.5. The molecule has 0 bridgehead atoms. The summed E-state index contributed by atoms with van der Waals surface area (Å²) in [7, 11) is 0. The van der Waals surface area contributed by atoms with E-state index in [9.17, 15) is 0 Å². The average Bonchev–Trinajstić information content (AvgIpc) is 2.01. The Bertz CT molecular complexity index is 338. The van der Waals surface area contributed by atoms with Crippen LogP contribution in [0.3, 0.4) is 0 Å². The Morgan fingerprint density at radius 3 is 2.29 bits per heavy atom. The van der Waals surface area contributed by atoms with Gasteiger partial charge < -0.3 is 0 Å². The molecule has 14 heavy (non-hydrogen) atoms. The van der Waals surface area contributed by atoms with E-state index in [1.54, 1.807) is 12.3 Å². The zero-order valence-corrected chi connectivity index (χ0v) is 8.94. The third-order valence-corrected chi connectivity index (χ3v) is 1.29. The van der Waals surface area contributed by atoms with Crippen LogP contribution in [-0.4, -0.2) is 21.4 Å². The first-order chi connectivity index (χ1) is 6.58. The van der Waals surface area contributed by atoms with Crippen molar-refractivity contribution in [3.63, 3.8) is 0 Å². The first-order valence-corrected chi connectivity index (χ1v) is 4.45. The number of aromatic nitrogens is 2. The minimum Gasteiger partial charge on any atom is -0.239 e. The summed E-state index contributed by atoms with van der Waals surface area (Å²) < 4.78 is 0. The summed E-state index contributed by atoms with van der Waals surface area (Å²) in [5.74, 6) is 1.12. The number of nitrogens with zero attached hydrogens (tertiary/aromatic N) is 4. The van der Waals surface area contributed by atoms with E-state index < -0.39 is 0 Å². The summed E-state index contributed by atoms with van der Waals surface area (Å²) in [5.41, 5.74) is 1.89. The molecule has 4 nitrogen and oxygen atoms in total. The van der Waals surface area contributed by atoms with E-state index in [1.807, 2.05) is 27.7 Å². The second-order valence-electron chi connectivity index (χ2n) is 3.33. The van der Waals surface area contributed by atoms with Crippen LogP contribution >= 0.6 is 0 Å². The van der Waals surface area contributed by atoms with Gasteiger partial charge in [0.1, 0.15) is 0 Å². The number of aliphatic imine (C=N–C) groups is 2. The Kier molecular flexibility index (Phi) is 3.45. The van der Waals surface area contributed by atoms with Crippen molar-refractivity contribution >= 4 is 23.2 Å². The molecule has 0 aromatic carbocycles. The lowest BCUT2D eigenvalue weighted by Crippen LogP contribution is -1.86. The molecule has 0 aliphatic rings. The summed E-state index contributed by atoms with van der Waals surface area (Å²) in [6.45, 7) is 7.67. The van der Waals surface area contributed by atoms with E-state index in [-0.39, 0.29) is 0 Å². The van der Waals surface area contributed by atoms with Crippen molar-refractivity contribution in [2.24, 2.45) is 9.98 Å². The SMILES string of the molecule is CC(C)=Nc1ccnc(N=C(C)C)n1. The van der Waals surface area contributed by atoms with Gasteiger partial charge in [0.15, 0.2) is 5.82 Å². The Balaban J connectivity index is 3.01. The molecule has 1 aromatic rings. The lowest BCUT2D eigenvalue weighted by Gasteiger charge is -1.96. The molecule has 74 valence electrons. The maximum Gasteiger partial charge on any atom is 0.251 e. The molecule has 1 heterocycles. The molecule has 0 aliphatic carbocycles. The quantitative estimate of drug-likeness (QED) is 0.673. The summed E-state index contributed by atoms with van der Waals surface area (Å²) in [6.07, 6.45) is 1.66. The molecule has 0 spiro atoms. The first-order valence-electron chi connectivity index (χ1n) is 4.45. The van der Waals surface area contributed by atoms with Crippen LogP contribution in [0.5, 0.6) is 0 Å². The second kappa shape index (κ2) is 4.60. The fourth-order valence-corrected chi connectivity index (χ4v) is 0.884. The predicted octanol–water partition coefficient (Wildman–Crippen LogP) is 2.70. The van der Waals surface area contributed by atoms with Crippen molar-refractivity contribution in [2.75, 3.05) is 0 Å². The van der Waals surface area contributed by atoms with Crippen molar-refractivity contribution in [3.05, 3.63) is 12.3 Å². The summed E-state index contributed by atoms with van der Waals surface area (Å²) in [4.78, 5) is 16.6. The highest BCUT2D eigenvalue weighted by molar-refractivity contribution is 5.82. The van der Waals surface area contributed by atoms with Gasteiger partial charge in [0.05, 0.1) is 0 Å². The fourth-order valence-electron chi connectivity index (χ4n) is 0.884. The van der Waals surface area contributed by atoms with Gasteiger partial charge in [-0.3, -0.25) is 0 Å². The van der Waals surface area contributed by atoms with E-state index in [1.165, 1.54) is 0 Å². The Labute approximate surface area is 83.9 Å². The molecule has 0 unspecified atom stereocenters. The topological polar surface area (TPSA) is 50.5 Å². The lowest BCUT2D eigenvalue weighted by molar-refractivity contribution is 1.12. The average molecular weight is 190 g/mol. The highest BCUT2D eigenvalue weighted by atomic mass is 15.1. The molecule has 0 N–H and O–H groups in total. The number of hydrogen-bond acceptors (Lipinski definition) is 4. The summed E-state index contributed by atoms with van der Waals surface area (Å²) >= 11 is 0. The largest absolute Gasteiger partial charge is 0.251 e. The molecule has 0 atom stereocenters. The normalized spacial score (nSPS) is 9.43. The third kappa shape index (κ3) is 3.43. The van der Waals surface area contributed by atoms with E-state index in [0.29, 0.717) is 11.8 Å². The Morgan fingerprint density at radius 2 is 1.71 bits per heavy atom. The number of rotatable bonds is 2. The van der Waals surface area contributed by atoms with Gasteiger partial charge in [0.25, 0.3) is 5.95 Å². The predicted molar refractivity (Wildman–Crippen MR) is 58.9 cm³/mol. The minimum absolute atomic E-state index is 0.465. The van der Waals surface area contributed by atoms with Gasteiger partial charge in [-0.2, -0.15) is 4.98 Å². The summed E-state index contributed by atoms with van der Waals surface area (Å²) in [5, 5.41) is 0. The van der Waals surface area contributed by atoms with Crippen LogP contribution in [0.4, 0.5) is 11.8 Å². The Morgan fingerprint density at radius 1 is 1.07 bits per heavy atom. The third-order valence-electron chi connectivity index (χ3n) is 1.29. The van der Waals surface area contributed by atoms with Gasteiger partial charge in [-0.25, -0.2) is 15.0 Å². The molecular weight excluding hydrogens is 176 g/mol. The van der Waals surface area contributed by atoms with Crippen LogP contribution in [0.15, 0.2) is 22.2 Å². The second-order valence-corrected chi connectivity index (χ2v) is 3.33. The maximum absolute atomic E-state index is 4.22. The van der Waals surface area contributed by atoms with Crippen LogP contribution in [0.25, 0.3) is 0 Å². The monoisotopic (exact) mass is 190 g/mol. The molecule has 0 saturated heterocycles. The smallest absolute Gasteiger partial charge is 0.239 e. The molecule has 0 saturated carbocycles. The summed E-state index contributed by atoms with van der Waals surface area (Å²) in [6, 6.07) is 1.76. The molecular formula is C10H14N4. The van der Waals surface area contributed by atoms with E-state index in [0.717, 1.165) is 11.4 Å². The van der Waals surface area contributed by atoms with Crippen molar-refractivity contribution in [1.29, 1.82) is 0 Å². The van der Waals surface area contributed by atoms with Gasteiger partial charge in [-0.1, -0.05) is 0 Å². The van der Waals surface area contributed by atoms with Crippen molar-refractivity contribution in [2.45, 2.75) is 27.7 Å². The van der Waals surface area contributed by atoms with Crippen LogP contribution in [0, 0.1) is 0 Å². The number of hydrogen-bond donors (Lipinski definition) is 0. The standard InChI is InChI=1S/C10H14N4/c1-7(2)12-9-5-6-11-10(14-9)13-8(3)4/h5-6H,1-4H3. The highest BCUT2D eigenvalue weighted by Crippen LogP contribution is 2.11. The van der Waals surface area contributed by atoms with Crippen LogP contribution in [0.1, 0.15) is 27.7 Å². The first kappa shape index (κ1) is 10.5. The minimum atomic E-state index is 0.465. The molecule has 0 radical (unpaired) electrons. The zero-order chi connectivity index (χ0) is 10.6. The van der Waals surface area contributed by atoms with E-state index >= 15 is 0 Å². The maximum atomic E-state index is 4.22. The Hall–Kier alpha value is -1.58. The fraction of sp³-hybridized carbons (Fsp3) is 0.400. The highest BCUT2D eigenvalue weighted by Gasteiger charge is 1.95. The van der Waals surface area contributed by atoms with Crippen molar-refractivity contribution < 1.29 is 0 Å². The molecule has 0 amide bonds. The van der Waals surface area contributed by atoms with Gasteiger partial charge in [-0.05, 0) is 27.7 Å². The molecule has 1 rings (SSSR count). The van der Waals surface area contributed by atoms with Crippen LogP contribution in [-0.2, 0) is 0 Å². The molecule has 0 aliphatic heterocycles. The van der Waals surface area contributed by atoms with Crippen molar-refractivity contribution in [1.82, 2.24) is 9.97 Å². The van der Waals surface area contributed by atoms with E-state index in [2.05, 4.69) is 20.0 Å². The molecule has 4 heteroatoms. The molecule has 0 fully saturated rings. The van der Waals surface area contributed by atoms with Gasteiger partial charge in [-0.15, -0.1) is 0 Å². The van der Waals surface area contributed by atoms with Gasteiger partial charge >= 0.3 is 0 Å². The van der Waals surface area contributed by atoms with Crippen molar-refractivity contribution in [3.8, 4) is 0 Å². The zero-order valence-electron chi connectivity index (χ0n) is 8.94. The van der Waals surface area contributed by atoms with Gasteiger partial charge in [0.2, 0.25) is 0 Å². The molecule has 1 aromatic heterocycles. The van der Waals surface area contributed by atoms with Crippen LogP contribution < -0.4 is 0 Å². The van der Waals surface area contributed by atoms with Crippen LogP contribution in [0.2, 0.25) is 0 Å². The van der Waals surface area contributed by atoms with E-state index in [4.69, 9.17) is 0 Å².